The fourth-order valence-corrected chi connectivity index (χ4v) is 1.92. The Morgan fingerprint density at radius 3 is 3.13 bits per heavy atom. The van der Waals surface area contributed by atoms with Crippen molar-refractivity contribution in [2.24, 2.45) is 0 Å². The highest BCUT2D eigenvalue weighted by Crippen LogP contribution is 2.38. The van der Waals surface area contributed by atoms with E-state index in [9.17, 15) is 4.79 Å². The summed E-state index contributed by atoms with van der Waals surface area (Å²) < 4.78 is 10.2. The number of carbonyl (C=O) groups excluding carboxylic acids is 1. The van der Waals surface area contributed by atoms with Gasteiger partial charge in [-0.25, -0.2) is 0 Å². The number of benzene rings is 1. The summed E-state index contributed by atoms with van der Waals surface area (Å²) in [5.41, 5.74) is 2.25. The molecule has 0 N–H and O–H groups in total. The number of para-hydroxylation sites is 1. The third-order valence-corrected chi connectivity index (χ3v) is 2.75. The van der Waals surface area contributed by atoms with Gasteiger partial charge in [0.15, 0.2) is 0 Å². The Balaban J connectivity index is 2.21. The zero-order chi connectivity index (χ0) is 10.8. The highest BCUT2D eigenvalue weighted by atomic mass is 16.5. The van der Waals surface area contributed by atoms with Gasteiger partial charge < -0.3 is 9.47 Å². The first kappa shape index (κ1) is 10.0. The molecule has 0 amide bonds. The van der Waals surface area contributed by atoms with Gasteiger partial charge in [-0.2, -0.15) is 0 Å². The minimum atomic E-state index is -0.182. The van der Waals surface area contributed by atoms with Crippen molar-refractivity contribution < 1.29 is 14.3 Å². The molecule has 1 heterocycles. The fourth-order valence-electron chi connectivity index (χ4n) is 1.92. The number of hydrogen-bond donors (Lipinski definition) is 0. The van der Waals surface area contributed by atoms with Crippen molar-refractivity contribution in [3.8, 4) is 5.75 Å². The number of fused-ring (bicyclic) bond motifs is 1. The monoisotopic (exact) mass is 206 g/mol. The molecular weight excluding hydrogens is 192 g/mol. The van der Waals surface area contributed by atoms with E-state index in [1.807, 2.05) is 25.1 Å². The SMILES string of the molecule is COC(=O)C[C@H]1COc2c(C)cccc21. The lowest BCUT2D eigenvalue weighted by molar-refractivity contribution is -0.141. The van der Waals surface area contributed by atoms with E-state index in [1.54, 1.807) is 0 Å². The smallest absolute Gasteiger partial charge is 0.306 e. The van der Waals surface area contributed by atoms with E-state index < -0.39 is 0 Å². The molecule has 1 aromatic rings. The van der Waals surface area contributed by atoms with Gasteiger partial charge in [0.1, 0.15) is 5.75 Å². The van der Waals surface area contributed by atoms with Crippen molar-refractivity contribution >= 4 is 5.97 Å². The second kappa shape index (κ2) is 3.93. The van der Waals surface area contributed by atoms with Gasteiger partial charge in [0, 0.05) is 11.5 Å². The van der Waals surface area contributed by atoms with Gasteiger partial charge in [-0.05, 0) is 12.5 Å². The van der Waals surface area contributed by atoms with Crippen LogP contribution in [-0.2, 0) is 9.53 Å². The molecule has 80 valence electrons. The quantitative estimate of drug-likeness (QED) is 0.694. The minimum absolute atomic E-state index is 0.146. The van der Waals surface area contributed by atoms with Crippen LogP contribution in [0.3, 0.4) is 0 Å². The van der Waals surface area contributed by atoms with Gasteiger partial charge in [-0.3, -0.25) is 4.79 Å². The van der Waals surface area contributed by atoms with Gasteiger partial charge in [-0.15, -0.1) is 0 Å². The Hall–Kier alpha value is -1.51. The van der Waals surface area contributed by atoms with E-state index in [4.69, 9.17) is 4.74 Å². The van der Waals surface area contributed by atoms with Crippen LogP contribution < -0.4 is 4.74 Å². The van der Waals surface area contributed by atoms with Crippen LogP contribution in [0.1, 0.15) is 23.5 Å². The van der Waals surface area contributed by atoms with Gasteiger partial charge in [0.05, 0.1) is 20.1 Å². The van der Waals surface area contributed by atoms with Crippen molar-refractivity contribution in [1.82, 2.24) is 0 Å². The molecule has 0 fully saturated rings. The molecule has 1 aliphatic heterocycles. The predicted octanol–water partition coefficient (Wildman–Crippen LogP) is 2.03. The van der Waals surface area contributed by atoms with Crippen LogP contribution in [-0.4, -0.2) is 19.7 Å². The largest absolute Gasteiger partial charge is 0.492 e. The Morgan fingerprint density at radius 2 is 2.40 bits per heavy atom. The van der Waals surface area contributed by atoms with E-state index >= 15 is 0 Å². The minimum Gasteiger partial charge on any atom is -0.492 e. The number of hydrogen-bond acceptors (Lipinski definition) is 3. The molecule has 3 nitrogen and oxygen atoms in total. The van der Waals surface area contributed by atoms with Gasteiger partial charge in [0.2, 0.25) is 0 Å². The van der Waals surface area contributed by atoms with E-state index in [0.717, 1.165) is 16.9 Å². The lowest BCUT2D eigenvalue weighted by Gasteiger charge is -2.06. The maximum Gasteiger partial charge on any atom is 0.306 e. The van der Waals surface area contributed by atoms with Crippen LogP contribution in [0, 0.1) is 6.92 Å². The first-order chi connectivity index (χ1) is 7.22. The molecule has 0 saturated carbocycles. The molecule has 1 aromatic carbocycles. The Kier molecular flexibility index (Phi) is 2.62. The molecule has 0 aliphatic carbocycles. The summed E-state index contributed by atoms with van der Waals surface area (Å²) in [5, 5.41) is 0. The molecular formula is C12H14O3. The summed E-state index contributed by atoms with van der Waals surface area (Å²) in [7, 11) is 1.41. The first-order valence-corrected chi connectivity index (χ1v) is 5.01. The average Bonchev–Trinajstić information content (AvgIpc) is 2.63. The summed E-state index contributed by atoms with van der Waals surface area (Å²) in [6.45, 7) is 2.59. The molecule has 0 saturated heterocycles. The molecule has 0 aromatic heterocycles. The molecule has 3 heteroatoms. The van der Waals surface area contributed by atoms with Crippen molar-refractivity contribution in [3.63, 3.8) is 0 Å². The molecule has 1 atom stereocenters. The summed E-state index contributed by atoms with van der Waals surface area (Å²) in [4.78, 5) is 11.2. The molecule has 1 aliphatic rings. The van der Waals surface area contributed by atoms with E-state index in [-0.39, 0.29) is 11.9 Å². The third-order valence-electron chi connectivity index (χ3n) is 2.75. The number of aryl methyl sites for hydroxylation is 1. The number of rotatable bonds is 2. The topological polar surface area (TPSA) is 35.5 Å². The van der Waals surface area contributed by atoms with Crippen LogP contribution >= 0.6 is 0 Å². The number of methoxy groups -OCH3 is 1. The van der Waals surface area contributed by atoms with E-state index in [2.05, 4.69) is 4.74 Å². The van der Waals surface area contributed by atoms with Gasteiger partial charge in [-0.1, -0.05) is 18.2 Å². The molecule has 2 rings (SSSR count). The average molecular weight is 206 g/mol. The lowest BCUT2D eigenvalue weighted by atomic mass is 9.96. The lowest BCUT2D eigenvalue weighted by Crippen LogP contribution is -2.09. The van der Waals surface area contributed by atoms with Gasteiger partial charge >= 0.3 is 5.97 Å². The summed E-state index contributed by atoms with van der Waals surface area (Å²) in [6.07, 6.45) is 0.396. The van der Waals surface area contributed by atoms with E-state index in [0.29, 0.717) is 13.0 Å². The Morgan fingerprint density at radius 1 is 1.60 bits per heavy atom. The number of ether oxygens (including phenoxy) is 2. The Bertz CT molecular complexity index is 384. The van der Waals surface area contributed by atoms with E-state index in [1.165, 1.54) is 7.11 Å². The summed E-state index contributed by atoms with van der Waals surface area (Å²) >= 11 is 0. The third kappa shape index (κ3) is 1.82. The van der Waals surface area contributed by atoms with Crippen LogP contribution in [0.5, 0.6) is 5.75 Å². The van der Waals surface area contributed by atoms with Crippen molar-refractivity contribution in [2.45, 2.75) is 19.3 Å². The summed E-state index contributed by atoms with van der Waals surface area (Å²) in [5.74, 6) is 0.900. The highest BCUT2D eigenvalue weighted by molar-refractivity contribution is 5.71. The molecule has 0 bridgehead atoms. The van der Waals surface area contributed by atoms with Crippen molar-refractivity contribution in [3.05, 3.63) is 29.3 Å². The molecule has 0 unspecified atom stereocenters. The number of carbonyl (C=O) groups is 1. The Labute approximate surface area is 89.0 Å². The molecule has 0 spiro atoms. The van der Waals surface area contributed by atoms with Crippen LogP contribution in [0.2, 0.25) is 0 Å². The number of esters is 1. The zero-order valence-corrected chi connectivity index (χ0v) is 8.95. The maximum atomic E-state index is 11.2. The highest BCUT2D eigenvalue weighted by Gasteiger charge is 2.27. The summed E-state index contributed by atoms with van der Waals surface area (Å²) in [6, 6.07) is 6.02. The first-order valence-electron chi connectivity index (χ1n) is 5.01. The van der Waals surface area contributed by atoms with Crippen LogP contribution in [0.15, 0.2) is 18.2 Å². The zero-order valence-electron chi connectivity index (χ0n) is 8.95. The van der Waals surface area contributed by atoms with Crippen molar-refractivity contribution in [2.75, 3.05) is 13.7 Å². The van der Waals surface area contributed by atoms with Crippen LogP contribution in [0.25, 0.3) is 0 Å². The predicted molar refractivity (Wildman–Crippen MR) is 56.0 cm³/mol. The van der Waals surface area contributed by atoms with Crippen molar-refractivity contribution in [1.29, 1.82) is 0 Å². The molecule has 15 heavy (non-hydrogen) atoms. The van der Waals surface area contributed by atoms with Gasteiger partial charge in [0.25, 0.3) is 0 Å². The second-order valence-corrected chi connectivity index (χ2v) is 3.78. The second-order valence-electron chi connectivity index (χ2n) is 3.78. The fraction of sp³-hybridized carbons (Fsp3) is 0.417. The van der Waals surface area contributed by atoms with Crippen LogP contribution in [0.4, 0.5) is 0 Å². The maximum absolute atomic E-state index is 11.2. The normalized spacial score (nSPS) is 18.1. The standard InChI is InChI=1S/C12H14O3/c1-8-4-3-5-10-9(6-11(13)14-2)7-15-12(8)10/h3-5,9H,6-7H2,1-2H3/t9-/m0/s1. The molecule has 0 radical (unpaired) electrons.